The molecule has 0 unspecified atom stereocenters. The zero-order valence-corrected chi connectivity index (χ0v) is 11.5. The van der Waals surface area contributed by atoms with Crippen LogP contribution < -0.4 is 10.5 Å². The molecule has 0 atom stereocenters. The first kappa shape index (κ1) is 13.6. The van der Waals surface area contributed by atoms with E-state index in [4.69, 9.17) is 10.5 Å². The van der Waals surface area contributed by atoms with Gasteiger partial charge in [0, 0.05) is 23.5 Å². The fraction of sp³-hybridized carbons (Fsp3) is 0.308. The van der Waals surface area contributed by atoms with Crippen molar-refractivity contribution >= 4 is 26.4 Å². The van der Waals surface area contributed by atoms with E-state index in [0.29, 0.717) is 30.0 Å². The second-order valence-corrected chi connectivity index (χ2v) is 6.64. The molecule has 0 bridgehead atoms. The van der Waals surface area contributed by atoms with Crippen molar-refractivity contribution in [1.82, 2.24) is 4.98 Å². The molecule has 2 aromatic rings. The Morgan fingerprint density at radius 3 is 2.84 bits per heavy atom. The third-order valence-corrected chi connectivity index (χ3v) is 3.71. The summed E-state index contributed by atoms with van der Waals surface area (Å²) in [5, 5.41) is 0.836. The van der Waals surface area contributed by atoms with Crippen LogP contribution in [-0.4, -0.2) is 32.0 Å². The maximum Gasteiger partial charge on any atom is 0.147 e. The number of anilines is 1. The summed E-state index contributed by atoms with van der Waals surface area (Å²) in [5.74, 6) is 0.742. The molecule has 0 saturated carbocycles. The quantitative estimate of drug-likeness (QED) is 0.665. The predicted molar refractivity (Wildman–Crippen MR) is 76.0 cm³/mol. The molecule has 1 aromatic heterocycles. The van der Waals surface area contributed by atoms with E-state index in [9.17, 15) is 8.42 Å². The smallest absolute Gasteiger partial charge is 0.147 e. The fourth-order valence-corrected chi connectivity index (χ4v) is 2.43. The van der Waals surface area contributed by atoms with Crippen LogP contribution >= 0.6 is 0 Å². The average molecular weight is 280 g/mol. The highest BCUT2D eigenvalue weighted by Crippen LogP contribution is 2.28. The number of benzene rings is 1. The lowest BCUT2D eigenvalue weighted by Crippen LogP contribution is -2.08. The Kier molecular flexibility index (Phi) is 3.90. The summed E-state index contributed by atoms with van der Waals surface area (Å²) in [5.41, 5.74) is 7.20. The van der Waals surface area contributed by atoms with Gasteiger partial charge in [0.25, 0.3) is 0 Å². The molecular weight excluding hydrogens is 264 g/mol. The topological polar surface area (TPSA) is 82.3 Å². The highest BCUT2D eigenvalue weighted by molar-refractivity contribution is 7.90. The van der Waals surface area contributed by atoms with E-state index in [2.05, 4.69) is 4.98 Å². The van der Waals surface area contributed by atoms with Gasteiger partial charge in [0.2, 0.25) is 0 Å². The van der Waals surface area contributed by atoms with Crippen LogP contribution in [0.15, 0.2) is 30.5 Å². The Balaban J connectivity index is 2.11. The number of fused-ring (bicyclic) bond motifs is 1. The molecule has 6 heteroatoms. The maximum atomic E-state index is 11.0. The molecule has 0 aliphatic rings. The fourth-order valence-electron chi connectivity index (χ4n) is 1.79. The van der Waals surface area contributed by atoms with Crippen LogP contribution in [0.25, 0.3) is 10.9 Å². The van der Waals surface area contributed by atoms with Gasteiger partial charge >= 0.3 is 0 Å². The second kappa shape index (κ2) is 5.44. The minimum absolute atomic E-state index is 0.118. The number of aromatic nitrogens is 1. The minimum Gasteiger partial charge on any atom is -0.491 e. The number of pyridine rings is 1. The number of sulfone groups is 1. The molecule has 0 fully saturated rings. The van der Waals surface area contributed by atoms with Crippen LogP contribution in [0, 0.1) is 0 Å². The van der Waals surface area contributed by atoms with E-state index in [0.717, 1.165) is 5.39 Å². The van der Waals surface area contributed by atoms with Crippen molar-refractivity contribution in [1.29, 1.82) is 0 Å². The van der Waals surface area contributed by atoms with Crippen LogP contribution in [0.4, 0.5) is 5.69 Å². The van der Waals surface area contributed by atoms with Crippen LogP contribution in [-0.2, 0) is 9.84 Å². The maximum absolute atomic E-state index is 11.0. The first-order valence-electron chi connectivity index (χ1n) is 5.91. The van der Waals surface area contributed by atoms with Crippen molar-refractivity contribution in [2.75, 3.05) is 24.3 Å². The van der Waals surface area contributed by atoms with Gasteiger partial charge in [-0.3, -0.25) is 4.98 Å². The van der Waals surface area contributed by atoms with E-state index >= 15 is 0 Å². The summed E-state index contributed by atoms with van der Waals surface area (Å²) < 4.78 is 27.6. The van der Waals surface area contributed by atoms with E-state index < -0.39 is 9.84 Å². The van der Waals surface area contributed by atoms with Crippen LogP contribution in [0.5, 0.6) is 5.75 Å². The highest BCUT2D eigenvalue weighted by atomic mass is 32.2. The van der Waals surface area contributed by atoms with Gasteiger partial charge in [-0.05, 0) is 30.7 Å². The van der Waals surface area contributed by atoms with E-state index in [1.165, 1.54) is 6.26 Å². The molecule has 102 valence electrons. The molecule has 1 heterocycles. The van der Waals surface area contributed by atoms with Gasteiger partial charge in [-0.2, -0.15) is 0 Å². The summed E-state index contributed by atoms with van der Waals surface area (Å²) in [4.78, 5) is 4.25. The minimum atomic E-state index is -2.94. The number of hydrogen-bond acceptors (Lipinski definition) is 5. The second-order valence-electron chi connectivity index (χ2n) is 4.38. The van der Waals surface area contributed by atoms with E-state index in [-0.39, 0.29) is 5.75 Å². The molecule has 1 aromatic carbocycles. The van der Waals surface area contributed by atoms with Gasteiger partial charge in [-0.25, -0.2) is 8.42 Å². The lowest BCUT2D eigenvalue weighted by atomic mass is 10.2. The molecule has 2 N–H and O–H groups in total. The van der Waals surface area contributed by atoms with Crippen LogP contribution in [0.2, 0.25) is 0 Å². The lowest BCUT2D eigenvalue weighted by Gasteiger charge is -2.09. The summed E-state index contributed by atoms with van der Waals surface area (Å²) in [6.07, 6.45) is 3.34. The molecule has 0 aliphatic heterocycles. The number of ether oxygens (including phenoxy) is 1. The Morgan fingerprint density at radius 2 is 2.11 bits per heavy atom. The highest BCUT2D eigenvalue weighted by Gasteiger charge is 2.07. The lowest BCUT2D eigenvalue weighted by molar-refractivity contribution is 0.321. The van der Waals surface area contributed by atoms with Crippen LogP contribution in [0.1, 0.15) is 6.42 Å². The number of nitrogens with zero attached hydrogens (tertiary/aromatic N) is 1. The molecule has 0 aliphatic carbocycles. The SMILES string of the molecule is CS(=O)(=O)CCCOc1ccc(N)c2cccnc12. The zero-order chi connectivity index (χ0) is 13.9. The third kappa shape index (κ3) is 3.57. The largest absolute Gasteiger partial charge is 0.491 e. The Hall–Kier alpha value is -1.82. The van der Waals surface area contributed by atoms with E-state index in [1.807, 2.05) is 12.1 Å². The molecule has 0 amide bonds. The average Bonchev–Trinajstić information content (AvgIpc) is 2.36. The Bertz CT molecular complexity index is 683. The third-order valence-electron chi connectivity index (χ3n) is 2.68. The number of hydrogen-bond donors (Lipinski definition) is 1. The van der Waals surface area contributed by atoms with Gasteiger partial charge in [-0.15, -0.1) is 0 Å². The summed E-state index contributed by atoms with van der Waals surface area (Å²) in [6, 6.07) is 7.20. The van der Waals surface area contributed by atoms with Gasteiger partial charge in [0.15, 0.2) is 0 Å². The molecule has 19 heavy (non-hydrogen) atoms. The molecule has 5 nitrogen and oxygen atoms in total. The standard InChI is InChI=1S/C13H16N2O3S/c1-19(16,17)9-3-8-18-12-6-5-11(14)10-4-2-7-15-13(10)12/h2,4-7H,3,8-9,14H2,1H3. The summed E-state index contributed by atoms with van der Waals surface area (Å²) in [6.45, 7) is 0.336. The van der Waals surface area contributed by atoms with Gasteiger partial charge in [0.05, 0.1) is 12.4 Å². The van der Waals surface area contributed by atoms with Crippen LogP contribution in [0.3, 0.4) is 0 Å². The van der Waals surface area contributed by atoms with Crippen molar-refractivity contribution < 1.29 is 13.2 Å². The Labute approximate surface area is 112 Å². The Morgan fingerprint density at radius 1 is 1.32 bits per heavy atom. The summed E-state index contributed by atoms with van der Waals surface area (Å²) >= 11 is 0. The van der Waals surface area contributed by atoms with Crippen molar-refractivity contribution in [3.63, 3.8) is 0 Å². The normalized spacial score (nSPS) is 11.6. The zero-order valence-electron chi connectivity index (χ0n) is 10.7. The monoisotopic (exact) mass is 280 g/mol. The summed E-state index contributed by atoms with van der Waals surface area (Å²) in [7, 11) is -2.94. The van der Waals surface area contributed by atoms with Gasteiger partial charge in [-0.1, -0.05) is 0 Å². The first-order chi connectivity index (χ1) is 8.97. The molecular formula is C13H16N2O3S. The van der Waals surface area contributed by atoms with Gasteiger partial charge in [0.1, 0.15) is 21.1 Å². The van der Waals surface area contributed by atoms with Crippen molar-refractivity contribution in [3.8, 4) is 5.75 Å². The number of nitrogens with two attached hydrogens (primary N) is 1. The predicted octanol–water partition coefficient (Wildman–Crippen LogP) is 1.63. The molecule has 0 saturated heterocycles. The molecule has 0 spiro atoms. The number of nitrogen functional groups attached to an aromatic ring is 1. The van der Waals surface area contributed by atoms with Crippen molar-refractivity contribution in [2.24, 2.45) is 0 Å². The first-order valence-corrected chi connectivity index (χ1v) is 7.97. The van der Waals surface area contributed by atoms with Crippen molar-refractivity contribution in [3.05, 3.63) is 30.5 Å². The number of rotatable bonds is 5. The molecule has 0 radical (unpaired) electrons. The van der Waals surface area contributed by atoms with Crippen molar-refractivity contribution in [2.45, 2.75) is 6.42 Å². The van der Waals surface area contributed by atoms with Gasteiger partial charge < -0.3 is 10.5 Å². The molecule has 2 rings (SSSR count). The van der Waals surface area contributed by atoms with E-state index in [1.54, 1.807) is 18.3 Å².